The zero-order valence-electron chi connectivity index (χ0n) is 9.28. The van der Waals surface area contributed by atoms with Gasteiger partial charge < -0.3 is 5.32 Å². The summed E-state index contributed by atoms with van der Waals surface area (Å²) in [6, 6.07) is 7.57. The Morgan fingerprint density at radius 1 is 1.16 bits per heavy atom. The summed E-state index contributed by atoms with van der Waals surface area (Å²) >= 11 is 0. The average molecular weight is 262 g/mol. The molecule has 1 N–H and O–H groups in total. The number of benzene rings is 1. The Balaban J connectivity index is 3.24. The molecule has 4 nitrogen and oxygen atoms in total. The van der Waals surface area contributed by atoms with Crippen molar-refractivity contribution in [2.45, 2.75) is 6.18 Å². The van der Waals surface area contributed by atoms with Gasteiger partial charge in [0.05, 0.1) is 22.9 Å². The highest BCUT2D eigenvalue weighted by Crippen LogP contribution is 2.35. The van der Waals surface area contributed by atoms with E-state index in [0.29, 0.717) is 6.07 Å². The summed E-state index contributed by atoms with van der Waals surface area (Å²) in [5, 5.41) is 27.8. The minimum Gasteiger partial charge on any atom is -0.359 e. The van der Waals surface area contributed by atoms with Crippen LogP contribution in [0.3, 0.4) is 0 Å². The molecule has 0 aliphatic rings. The number of alkyl halides is 3. The van der Waals surface area contributed by atoms with Crippen LogP contribution in [-0.2, 0) is 6.18 Å². The summed E-state index contributed by atoms with van der Waals surface area (Å²) in [5.74, 6) is 0. The van der Waals surface area contributed by atoms with Crippen LogP contribution in [0.15, 0.2) is 30.0 Å². The van der Waals surface area contributed by atoms with Gasteiger partial charge in [0, 0.05) is 6.20 Å². The lowest BCUT2D eigenvalue weighted by Gasteiger charge is -2.12. The molecule has 0 bridgehead atoms. The summed E-state index contributed by atoms with van der Waals surface area (Å²) in [4.78, 5) is 0. The molecule has 0 aliphatic heterocycles. The number of rotatable bonds is 2. The van der Waals surface area contributed by atoms with Crippen molar-refractivity contribution in [1.82, 2.24) is 0 Å². The van der Waals surface area contributed by atoms with Crippen LogP contribution in [0.4, 0.5) is 18.9 Å². The Kier molecular flexibility index (Phi) is 4.13. The molecule has 19 heavy (non-hydrogen) atoms. The largest absolute Gasteiger partial charge is 0.418 e. The van der Waals surface area contributed by atoms with E-state index in [0.717, 1.165) is 12.3 Å². The van der Waals surface area contributed by atoms with E-state index < -0.39 is 11.7 Å². The molecule has 0 aromatic heterocycles. The van der Waals surface area contributed by atoms with Crippen molar-refractivity contribution < 1.29 is 13.2 Å². The first kappa shape index (κ1) is 14.1. The van der Waals surface area contributed by atoms with Gasteiger partial charge in [0.2, 0.25) is 0 Å². The number of allylic oxidation sites excluding steroid dienone is 1. The normalized spacial score (nSPS) is 9.68. The molecule has 0 heterocycles. The molecule has 1 aromatic rings. The number of nitrogens with one attached hydrogen (secondary N) is 1. The zero-order valence-corrected chi connectivity index (χ0v) is 9.28. The molecule has 0 unspecified atom stereocenters. The van der Waals surface area contributed by atoms with Gasteiger partial charge in [-0.2, -0.15) is 29.0 Å². The molecule has 1 aromatic carbocycles. The minimum absolute atomic E-state index is 0.136. The lowest BCUT2D eigenvalue weighted by atomic mass is 10.1. The highest BCUT2D eigenvalue weighted by atomic mass is 19.4. The predicted octanol–water partition coefficient (Wildman–Crippen LogP) is 2.92. The summed E-state index contributed by atoms with van der Waals surface area (Å²) in [5.41, 5.74) is -1.88. The second-order valence-corrected chi connectivity index (χ2v) is 3.30. The van der Waals surface area contributed by atoms with Crippen LogP contribution >= 0.6 is 0 Å². The van der Waals surface area contributed by atoms with Gasteiger partial charge in [0.1, 0.15) is 17.7 Å². The van der Waals surface area contributed by atoms with Gasteiger partial charge in [-0.15, -0.1) is 0 Å². The van der Waals surface area contributed by atoms with E-state index in [-0.39, 0.29) is 16.8 Å². The molecule has 0 atom stereocenters. The second kappa shape index (κ2) is 5.57. The van der Waals surface area contributed by atoms with E-state index in [1.165, 1.54) is 18.2 Å². The first-order valence-electron chi connectivity index (χ1n) is 4.80. The monoisotopic (exact) mass is 262 g/mol. The fraction of sp³-hybridized carbons (Fsp3) is 0.0833. The van der Waals surface area contributed by atoms with E-state index >= 15 is 0 Å². The molecule has 0 spiro atoms. The van der Waals surface area contributed by atoms with E-state index in [2.05, 4.69) is 5.32 Å². The zero-order chi connectivity index (χ0) is 14.5. The molecular formula is C12H5F3N4. The lowest BCUT2D eigenvalue weighted by molar-refractivity contribution is -0.136. The third-order valence-corrected chi connectivity index (χ3v) is 2.07. The molecule has 0 saturated carbocycles. The van der Waals surface area contributed by atoms with Crippen LogP contribution in [0.1, 0.15) is 11.1 Å². The third-order valence-electron chi connectivity index (χ3n) is 2.07. The smallest absolute Gasteiger partial charge is 0.359 e. The van der Waals surface area contributed by atoms with Gasteiger partial charge in [-0.3, -0.25) is 0 Å². The van der Waals surface area contributed by atoms with Gasteiger partial charge in [-0.25, -0.2) is 0 Å². The summed E-state index contributed by atoms with van der Waals surface area (Å²) < 4.78 is 38.3. The van der Waals surface area contributed by atoms with Crippen LogP contribution in [-0.4, -0.2) is 0 Å². The van der Waals surface area contributed by atoms with Gasteiger partial charge in [-0.1, -0.05) is 0 Å². The molecule has 0 fully saturated rings. The van der Waals surface area contributed by atoms with E-state index in [1.54, 1.807) is 6.07 Å². The third kappa shape index (κ3) is 3.49. The maximum Gasteiger partial charge on any atom is 0.418 e. The number of nitriles is 3. The molecule has 0 aliphatic carbocycles. The van der Waals surface area contributed by atoms with Crippen molar-refractivity contribution in [2.75, 3.05) is 5.32 Å². The standard InChI is InChI=1S/C12H5F3N4/c13-12(14,15)10-3-8(4-16)1-2-11(10)19-7-9(5-17)6-18/h1-3,7,19H. The van der Waals surface area contributed by atoms with Crippen LogP contribution < -0.4 is 5.32 Å². The van der Waals surface area contributed by atoms with Crippen LogP contribution in [0.2, 0.25) is 0 Å². The predicted molar refractivity (Wildman–Crippen MR) is 59.1 cm³/mol. The van der Waals surface area contributed by atoms with Crippen LogP contribution in [0.5, 0.6) is 0 Å². The quantitative estimate of drug-likeness (QED) is 0.830. The maximum absolute atomic E-state index is 12.8. The first-order chi connectivity index (χ1) is 8.92. The Morgan fingerprint density at radius 3 is 2.26 bits per heavy atom. The number of nitrogens with zero attached hydrogens (tertiary/aromatic N) is 3. The Hall–Kier alpha value is -2.98. The summed E-state index contributed by atoms with van der Waals surface area (Å²) in [6.07, 6.45) is -3.78. The minimum atomic E-state index is -4.65. The highest BCUT2D eigenvalue weighted by molar-refractivity contribution is 5.58. The first-order valence-corrected chi connectivity index (χ1v) is 4.80. The molecule has 7 heteroatoms. The fourth-order valence-electron chi connectivity index (χ4n) is 1.21. The van der Waals surface area contributed by atoms with Gasteiger partial charge in [0.25, 0.3) is 0 Å². The number of halogens is 3. The molecule has 94 valence electrons. The Morgan fingerprint density at radius 2 is 1.79 bits per heavy atom. The van der Waals surface area contributed by atoms with Crippen molar-refractivity contribution in [3.05, 3.63) is 41.1 Å². The van der Waals surface area contributed by atoms with Crippen molar-refractivity contribution in [3.8, 4) is 18.2 Å². The van der Waals surface area contributed by atoms with E-state index in [4.69, 9.17) is 15.8 Å². The van der Waals surface area contributed by atoms with Gasteiger partial charge in [-0.05, 0) is 18.2 Å². The van der Waals surface area contributed by atoms with Crippen molar-refractivity contribution in [3.63, 3.8) is 0 Å². The Labute approximate surface area is 106 Å². The van der Waals surface area contributed by atoms with Crippen LogP contribution in [0, 0.1) is 34.0 Å². The van der Waals surface area contributed by atoms with Crippen LogP contribution in [0.25, 0.3) is 0 Å². The SMILES string of the molecule is N#CC(C#N)=CNc1ccc(C#N)cc1C(F)(F)F. The fourth-order valence-corrected chi connectivity index (χ4v) is 1.21. The number of hydrogen-bond acceptors (Lipinski definition) is 4. The molecule has 0 amide bonds. The average Bonchev–Trinajstić information content (AvgIpc) is 2.39. The second-order valence-electron chi connectivity index (χ2n) is 3.30. The maximum atomic E-state index is 12.8. The lowest BCUT2D eigenvalue weighted by Crippen LogP contribution is -2.09. The Bertz CT molecular complexity index is 623. The van der Waals surface area contributed by atoms with E-state index in [9.17, 15) is 13.2 Å². The number of anilines is 1. The molecule has 0 radical (unpaired) electrons. The van der Waals surface area contributed by atoms with Gasteiger partial charge in [0.15, 0.2) is 0 Å². The number of hydrogen-bond donors (Lipinski definition) is 1. The van der Waals surface area contributed by atoms with Crippen molar-refractivity contribution in [2.24, 2.45) is 0 Å². The molecule has 0 saturated heterocycles. The van der Waals surface area contributed by atoms with Gasteiger partial charge >= 0.3 is 6.18 Å². The van der Waals surface area contributed by atoms with E-state index in [1.807, 2.05) is 0 Å². The topological polar surface area (TPSA) is 83.4 Å². The van der Waals surface area contributed by atoms with Crippen molar-refractivity contribution >= 4 is 5.69 Å². The van der Waals surface area contributed by atoms with Crippen molar-refractivity contribution in [1.29, 1.82) is 15.8 Å². The summed E-state index contributed by atoms with van der Waals surface area (Å²) in [7, 11) is 0. The molecular weight excluding hydrogens is 257 g/mol. The molecule has 1 rings (SSSR count). The summed E-state index contributed by atoms with van der Waals surface area (Å²) in [6.45, 7) is 0. The highest BCUT2D eigenvalue weighted by Gasteiger charge is 2.33.